The molecule has 1 rings (SSSR count). The average Bonchev–Trinajstić information content (AvgIpc) is 2.14. The van der Waals surface area contributed by atoms with E-state index in [2.05, 4.69) is 20.7 Å². The van der Waals surface area contributed by atoms with E-state index in [1.54, 1.807) is 4.90 Å². The predicted molar refractivity (Wildman–Crippen MR) is 31.8 cm³/mol. The average molecular weight is 180 g/mol. The van der Waals surface area contributed by atoms with Gasteiger partial charge in [-0.1, -0.05) is 15.9 Å². The first-order valence-electron chi connectivity index (χ1n) is 2.32. The second kappa shape index (κ2) is 2.35. The van der Waals surface area contributed by atoms with Gasteiger partial charge in [0.1, 0.15) is 6.61 Å². The van der Waals surface area contributed by atoms with Crippen LogP contribution in [-0.4, -0.2) is 29.6 Å². The minimum atomic E-state index is -0.220. The molecule has 0 N–H and O–H groups in total. The molecule has 1 heterocycles. The van der Waals surface area contributed by atoms with Gasteiger partial charge < -0.3 is 4.74 Å². The number of hydrogen-bond donors (Lipinski definition) is 0. The molecule has 3 nitrogen and oxygen atoms in total. The van der Waals surface area contributed by atoms with E-state index in [9.17, 15) is 4.79 Å². The van der Waals surface area contributed by atoms with Crippen molar-refractivity contribution in [1.29, 1.82) is 0 Å². The number of rotatable bonds is 1. The Hall–Kier alpha value is -0.250. The molecule has 1 aliphatic heterocycles. The van der Waals surface area contributed by atoms with Gasteiger partial charge in [0, 0.05) is 0 Å². The molecule has 0 atom stereocenters. The Balaban J connectivity index is 2.42. The molecule has 0 aromatic rings. The maximum absolute atomic E-state index is 10.5. The first-order chi connectivity index (χ1) is 3.84. The van der Waals surface area contributed by atoms with Gasteiger partial charge in [0.05, 0.1) is 12.0 Å². The lowest BCUT2D eigenvalue weighted by Gasteiger charge is -2.04. The Morgan fingerprint density at radius 2 is 2.62 bits per heavy atom. The van der Waals surface area contributed by atoms with E-state index < -0.39 is 0 Å². The summed E-state index contributed by atoms with van der Waals surface area (Å²) in [6, 6.07) is 0. The van der Waals surface area contributed by atoms with Gasteiger partial charge in [-0.3, -0.25) is 4.90 Å². The fourth-order valence-electron chi connectivity index (χ4n) is 0.534. The lowest BCUT2D eigenvalue weighted by molar-refractivity contribution is 0.162. The number of halogens is 1. The summed E-state index contributed by atoms with van der Waals surface area (Å²) < 4.78 is 4.61. The molecule has 0 spiro atoms. The molecule has 46 valence electrons. The number of alkyl halides is 1. The second-order valence-electron chi connectivity index (χ2n) is 1.50. The van der Waals surface area contributed by atoms with Crippen molar-refractivity contribution in [2.75, 3.05) is 18.6 Å². The Morgan fingerprint density at radius 1 is 1.88 bits per heavy atom. The molecule has 0 bridgehead atoms. The summed E-state index contributed by atoms with van der Waals surface area (Å²) in [5.41, 5.74) is 0.575. The fraction of sp³-hybridized carbons (Fsp3) is 0.750. The summed E-state index contributed by atoms with van der Waals surface area (Å²) in [4.78, 5) is 12.1. The normalized spacial score (nSPS) is 19.1. The quantitative estimate of drug-likeness (QED) is 0.441. The van der Waals surface area contributed by atoms with Gasteiger partial charge in [-0.2, -0.15) is 0 Å². The van der Waals surface area contributed by atoms with Crippen molar-refractivity contribution in [1.82, 2.24) is 4.90 Å². The van der Waals surface area contributed by atoms with Gasteiger partial charge in [-0.15, -0.1) is 0 Å². The van der Waals surface area contributed by atoms with Crippen molar-refractivity contribution < 1.29 is 9.53 Å². The zero-order chi connectivity index (χ0) is 5.98. The molecule has 8 heavy (non-hydrogen) atoms. The summed E-state index contributed by atoms with van der Waals surface area (Å²) >= 11 is 3.14. The molecule has 0 aliphatic carbocycles. The highest BCUT2D eigenvalue weighted by Crippen LogP contribution is 2.03. The number of hydrogen-bond acceptors (Lipinski definition) is 2. The molecule has 0 radical (unpaired) electrons. The predicted octanol–water partition coefficient (Wildman–Crippen LogP) is 0.791. The molecular formula is C4H6BrNO2. The van der Waals surface area contributed by atoms with Gasteiger partial charge in [-0.25, -0.2) is 4.79 Å². The number of amides is 1. The van der Waals surface area contributed by atoms with Crippen LogP contribution in [0.3, 0.4) is 0 Å². The summed E-state index contributed by atoms with van der Waals surface area (Å²) in [5, 5.41) is 0. The SMILES string of the molecule is O=C1OCCN1CBr. The molecule has 0 unspecified atom stereocenters. The topological polar surface area (TPSA) is 29.5 Å². The lowest BCUT2D eigenvalue weighted by atomic mass is 10.7. The highest BCUT2D eigenvalue weighted by Gasteiger charge is 2.19. The van der Waals surface area contributed by atoms with E-state index in [4.69, 9.17) is 0 Å². The highest BCUT2D eigenvalue weighted by molar-refractivity contribution is 9.09. The van der Waals surface area contributed by atoms with E-state index in [0.717, 1.165) is 0 Å². The largest absolute Gasteiger partial charge is 0.448 e. The molecular weight excluding hydrogens is 174 g/mol. The zero-order valence-corrected chi connectivity index (χ0v) is 5.85. The Labute approximate surface area is 55.7 Å². The second-order valence-corrected chi connectivity index (χ2v) is 2.00. The van der Waals surface area contributed by atoms with Crippen LogP contribution in [0, 0.1) is 0 Å². The van der Waals surface area contributed by atoms with Crippen molar-refractivity contribution in [2.45, 2.75) is 0 Å². The molecule has 1 fully saturated rings. The number of cyclic esters (lactones) is 1. The van der Waals surface area contributed by atoms with Crippen molar-refractivity contribution in [3.63, 3.8) is 0 Å². The Kier molecular flexibility index (Phi) is 1.73. The summed E-state index contributed by atoms with van der Waals surface area (Å²) in [6.07, 6.45) is -0.220. The molecule has 1 aliphatic rings. The zero-order valence-electron chi connectivity index (χ0n) is 4.26. The van der Waals surface area contributed by atoms with Gasteiger partial charge in [0.15, 0.2) is 0 Å². The van der Waals surface area contributed by atoms with Gasteiger partial charge in [-0.05, 0) is 0 Å². The first-order valence-corrected chi connectivity index (χ1v) is 3.44. The van der Waals surface area contributed by atoms with Crippen LogP contribution in [-0.2, 0) is 4.74 Å². The lowest BCUT2D eigenvalue weighted by Crippen LogP contribution is -2.21. The van der Waals surface area contributed by atoms with Crippen LogP contribution in [0.25, 0.3) is 0 Å². The number of carbonyl (C=O) groups is 1. The molecule has 4 heteroatoms. The van der Waals surface area contributed by atoms with Crippen LogP contribution < -0.4 is 0 Å². The molecule has 0 saturated carbocycles. The van der Waals surface area contributed by atoms with Crippen LogP contribution in [0.4, 0.5) is 4.79 Å². The summed E-state index contributed by atoms with van der Waals surface area (Å²) in [5.74, 6) is 0. The summed E-state index contributed by atoms with van der Waals surface area (Å²) in [7, 11) is 0. The first kappa shape index (κ1) is 5.88. The van der Waals surface area contributed by atoms with E-state index in [-0.39, 0.29) is 6.09 Å². The van der Waals surface area contributed by atoms with Crippen LogP contribution in [0.1, 0.15) is 0 Å². The monoisotopic (exact) mass is 179 g/mol. The van der Waals surface area contributed by atoms with Crippen molar-refractivity contribution in [3.8, 4) is 0 Å². The smallest absolute Gasteiger partial charge is 0.410 e. The van der Waals surface area contributed by atoms with Gasteiger partial charge >= 0.3 is 6.09 Å². The minimum absolute atomic E-state index is 0.220. The van der Waals surface area contributed by atoms with Crippen LogP contribution in [0.15, 0.2) is 0 Å². The highest BCUT2D eigenvalue weighted by atomic mass is 79.9. The Morgan fingerprint density at radius 3 is 2.88 bits per heavy atom. The van der Waals surface area contributed by atoms with E-state index in [1.165, 1.54) is 0 Å². The number of ether oxygens (including phenoxy) is 1. The van der Waals surface area contributed by atoms with E-state index >= 15 is 0 Å². The maximum Gasteiger partial charge on any atom is 0.410 e. The number of carbonyl (C=O) groups excluding carboxylic acids is 1. The Bertz CT molecular complexity index is 106. The minimum Gasteiger partial charge on any atom is -0.448 e. The molecule has 1 amide bonds. The fourth-order valence-corrected chi connectivity index (χ4v) is 0.990. The van der Waals surface area contributed by atoms with Crippen LogP contribution in [0.5, 0.6) is 0 Å². The van der Waals surface area contributed by atoms with Crippen molar-refractivity contribution >= 4 is 22.0 Å². The van der Waals surface area contributed by atoms with Gasteiger partial charge in [0.2, 0.25) is 0 Å². The third-order valence-corrected chi connectivity index (χ3v) is 1.59. The van der Waals surface area contributed by atoms with Crippen LogP contribution in [0.2, 0.25) is 0 Å². The molecule has 0 aromatic heterocycles. The summed E-state index contributed by atoms with van der Waals surface area (Å²) in [6.45, 7) is 1.24. The van der Waals surface area contributed by atoms with Gasteiger partial charge in [0.25, 0.3) is 0 Å². The molecule has 1 saturated heterocycles. The standard InChI is InChI=1S/C4H6BrNO2/c5-3-6-1-2-8-4(6)7/h1-3H2. The van der Waals surface area contributed by atoms with Crippen molar-refractivity contribution in [2.24, 2.45) is 0 Å². The van der Waals surface area contributed by atoms with E-state index in [0.29, 0.717) is 18.6 Å². The van der Waals surface area contributed by atoms with E-state index in [1.807, 2.05) is 0 Å². The number of nitrogens with zero attached hydrogens (tertiary/aromatic N) is 1. The van der Waals surface area contributed by atoms with Crippen molar-refractivity contribution in [3.05, 3.63) is 0 Å². The maximum atomic E-state index is 10.5. The third kappa shape index (κ3) is 0.940. The van der Waals surface area contributed by atoms with Crippen LogP contribution >= 0.6 is 15.9 Å². The third-order valence-electron chi connectivity index (χ3n) is 0.989. The molecule has 0 aromatic carbocycles.